The Labute approximate surface area is 109 Å². The molecule has 0 atom stereocenters. The minimum Gasteiger partial charge on any atom is -0.476 e. The number of aromatic carboxylic acids is 1. The number of methoxy groups -OCH3 is 1. The first-order valence-corrected chi connectivity index (χ1v) is 6.04. The lowest BCUT2D eigenvalue weighted by atomic mass is 10.1. The van der Waals surface area contributed by atoms with Gasteiger partial charge >= 0.3 is 5.97 Å². The molecule has 2 rings (SSSR count). The molecule has 0 radical (unpaired) electrons. The monoisotopic (exact) mass is 268 g/mol. The van der Waals surface area contributed by atoms with Crippen molar-refractivity contribution in [1.29, 1.82) is 0 Å². The fourth-order valence-corrected chi connectivity index (χ4v) is 2.05. The molecule has 1 aliphatic heterocycles. The summed E-state index contributed by atoms with van der Waals surface area (Å²) in [5.41, 5.74) is -0.161. The molecule has 1 aromatic rings. The smallest absolute Gasteiger partial charge is 0.358 e. The first-order valence-electron chi connectivity index (χ1n) is 6.04. The number of carbonyl (C=O) groups excluding carboxylic acids is 1. The maximum absolute atomic E-state index is 12.0. The van der Waals surface area contributed by atoms with Crippen LogP contribution in [0.1, 0.15) is 23.3 Å². The van der Waals surface area contributed by atoms with Gasteiger partial charge in [-0.25, -0.2) is 9.48 Å². The Morgan fingerprint density at radius 2 is 2.16 bits per heavy atom. The van der Waals surface area contributed by atoms with E-state index in [1.165, 1.54) is 10.9 Å². The Bertz CT molecular complexity index is 465. The second-order valence-corrected chi connectivity index (χ2v) is 4.42. The van der Waals surface area contributed by atoms with Crippen LogP contribution in [0.4, 0.5) is 0 Å². The van der Waals surface area contributed by atoms with Crippen LogP contribution in [0.2, 0.25) is 0 Å². The molecule has 8 heteroatoms. The Balaban J connectivity index is 1.88. The lowest BCUT2D eigenvalue weighted by Gasteiger charge is -2.31. The van der Waals surface area contributed by atoms with Crippen molar-refractivity contribution in [3.05, 3.63) is 11.9 Å². The predicted molar refractivity (Wildman–Crippen MR) is 63.6 cm³/mol. The molecule has 104 valence electrons. The van der Waals surface area contributed by atoms with Gasteiger partial charge in [0.2, 0.25) is 5.91 Å². The van der Waals surface area contributed by atoms with Crippen molar-refractivity contribution in [3.63, 3.8) is 0 Å². The average Bonchev–Trinajstić information content (AvgIpc) is 2.87. The van der Waals surface area contributed by atoms with Crippen LogP contribution in [0.15, 0.2) is 6.20 Å². The van der Waals surface area contributed by atoms with Crippen molar-refractivity contribution in [3.8, 4) is 0 Å². The Kier molecular flexibility index (Phi) is 4.10. The first kappa shape index (κ1) is 13.5. The molecule has 1 fully saturated rings. The van der Waals surface area contributed by atoms with E-state index in [2.05, 4.69) is 10.3 Å². The lowest BCUT2D eigenvalue weighted by Crippen LogP contribution is -2.42. The fourth-order valence-electron chi connectivity index (χ4n) is 2.05. The van der Waals surface area contributed by atoms with Crippen LogP contribution in [0.3, 0.4) is 0 Å². The highest BCUT2D eigenvalue weighted by Crippen LogP contribution is 2.13. The molecule has 0 aliphatic carbocycles. The van der Waals surface area contributed by atoms with E-state index in [1.54, 1.807) is 12.0 Å². The van der Waals surface area contributed by atoms with Gasteiger partial charge in [-0.15, -0.1) is 5.10 Å². The summed E-state index contributed by atoms with van der Waals surface area (Å²) in [6, 6.07) is 0. The molecule has 1 N–H and O–H groups in total. The molecule has 0 bridgehead atoms. The topological polar surface area (TPSA) is 97.5 Å². The van der Waals surface area contributed by atoms with Crippen LogP contribution in [-0.4, -0.2) is 63.2 Å². The van der Waals surface area contributed by atoms with E-state index < -0.39 is 5.97 Å². The first-order chi connectivity index (χ1) is 9.10. The zero-order chi connectivity index (χ0) is 13.8. The molecule has 1 amide bonds. The molecule has 1 saturated heterocycles. The standard InChI is InChI=1S/C11H16N4O4/c1-19-8-2-4-14(5-3-8)10(16)7-15-6-9(11(17)18)12-13-15/h6,8H,2-5,7H2,1H3,(H,17,18). The van der Waals surface area contributed by atoms with Gasteiger partial charge in [0, 0.05) is 20.2 Å². The summed E-state index contributed by atoms with van der Waals surface area (Å²) in [6.07, 6.45) is 3.11. The van der Waals surface area contributed by atoms with Gasteiger partial charge in [0.15, 0.2) is 5.69 Å². The van der Waals surface area contributed by atoms with Crippen molar-refractivity contribution in [1.82, 2.24) is 19.9 Å². The van der Waals surface area contributed by atoms with E-state index in [1.807, 2.05) is 0 Å². The molecule has 1 aromatic heterocycles. The van der Waals surface area contributed by atoms with Gasteiger partial charge in [-0.05, 0) is 12.8 Å². The Morgan fingerprint density at radius 1 is 1.47 bits per heavy atom. The van der Waals surface area contributed by atoms with Gasteiger partial charge in [-0.1, -0.05) is 5.21 Å². The largest absolute Gasteiger partial charge is 0.476 e. The van der Waals surface area contributed by atoms with Crippen molar-refractivity contribution in [2.75, 3.05) is 20.2 Å². The number of nitrogens with zero attached hydrogens (tertiary/aromatic N) is 4. The average molecular weight is 268 g/mol. The second-order valence-electron chi connectivity index (χ2n) is 4.42. The third-order valence-corrected chi connectivity index (χ3v) is 3.18. The van der Waals surface area contributed by atoms with E-state index in [9.17, 15) is 9.59 Å². The summed E-state index contributed by atoms with van der Waals surface area (Å²) in [6.45, 7) is 1.31. The van der Waals surface area contributed by atoms with Crippen molar-refractivity contribution < 1.29 is 19.4 Å². The van der Waals surface area contributed by atoms with Crippen LogP contribution >= 0.6 is 0 Å². The van der Waals surface area contributed by atoms with Crippen LogP contribution in [0.5, 0.6) is 0 Å². The molecule has 0 spiro atoms. The van der Waals surface area contributed by atoms with Crippen molar-refractivity contribution in [2.24, 2.45) is 0 Å². The van der Waals surface area contributed by atoms with Crippen LogP contribution in [-0.2, 0) is 16.1 Å². The number of piperidine rings is 1. The number of likely N-dealkylation sites (tertiary alicyclic amines) is 1. The highest BCUT2D eigenvalue weighted by molar-refractivity contribution is 5.84. The fraction of sp³-hybridized carbons (Fsp3) is 0.636. The van der Waals surface area contributed by atoms with Crippen LogP contribution in [0.25, 0.3) is 0 Å². The van der Waals surface area contributed by atoms with Crippen molar-refractivity contribution >= 4 is 11.9 Å². The summed E-state index contributed by atoms with van der Waals surface area (Å²) in [5.74, 6) is -1.24. The highest BCUT2D eigenvalue weighted by atomic mass is 16.5. The molecule has 0 unspecified atom stereocenters. The van der Waals surface area contributed by atoms with Gasteiger partial charge in [-0.2, -0.15) is 0 Å². The Morgan fingerprint density at radius 3 is 2.68 bits per heavy atom. The number of carbonyl (C=O) groups is 2. The van der Waals surface area contributed by atoms with Gasteiger partial charge in [0.05, 0.1) is 12.3 Å². The number of hydrogen-bond acceptors (Lipinski definition) is 5. The van der Waals surface area contributed by atoms with Crippen LogP contribution < -0.4 is 0 Å². The number of carboxylic acids is 1. The van der Waals surface area contributed by atoms with Crippen LogP contribution in [0, 0.1) is 0 Å². The van der Waals surface area contributed by atoms with E-state index in [-0.39, 0.29) is 24.2 Å². The molecular weight excluding hydrogens is 252 g/mol. The minimum absolute atomic E-state index is 0.0118. The second kappa shape index (κ2) is 5.79. The number of carboxylic acid groups (broad SMARTS) is 1. The molecule has 8 nitrogen and oxygen atoms in total. The SMILES string of the molecule is COC1CCN(C(=O)Cn2cc(C(=O)O)nn2)CC1. The third kappa shape index (κ3) is 3.28. The van der Waals surface area contributed by atoms with Gasteiger partial charge in [0.25, 0.3) is 0 Å². The summed E-state index contributed by atoms with van der Waals surface area (Å²) in [5, 5.41) is 15.8. The summed E-state index contributed by atoms with van der Waals surface area (Å²) in [4.78, 5) is 24.4. The zero-order valence-corrected chi connectivity index (χ0v) is 10.7. The van der Waals surface area contributed by atoms with E-state index in [0.29, 0.717) is 13.1 Å². The molecular formula is C11H16N4O4. The number of aromatic nitrogens is 3. The van der Waals surface area contributed by atoms with E-state index in [4.69, 9.17) is 9.84 Å². The molecule has 0 aromatic carbocycles. The summed E-state index contributed by atoms with van der Waals surface area (Å²) < 4.78 is 6.48. The number of rotatable bonds is 4. The summed E-state index contributed by atoms with van der Waals surface area (Å²) in [7, 11) is 1.67. The van der Waals surface area contributed by atoms with E-state index >= 15 is 0 Å². The number of ether oxygens (including phenoxy) is 1. The lowest BCUT2D eigenvalue weighted by molar-refractivity contribution is -0.134. The summed E-state index contributed by atoms with van der Waals surface area (Å²) >= 11 is 0. The number of amides is 1. The quantitative estimate of drug-likeness (QED) is 0.799. The Hall–Kier alpha value is -1.96. The van der Waals surface area contributed by atoms with Gasteiger partial charge < -0.3 is 14.7 Å². The normalized spacial score (nSPS) is 16.6. The van der Waals surface area contributed by atoms with Crippen molar-refractivity contribution in [2.45, 2.75) is 25.5 Å². The van der Waals surface area contributed by atoms with Gasteiger partial charge in [-0.3, -0.25) is 4.79 Å². The highest BCUT2D eigenvalue weighted by Gasteiger charge is 2.23. The van der Waals surface area contributed by atoms with Gasteiger partial charge in [0.1, 0.15) is 6.54 Å². The zero-order valence-electron chi connectivity index (χ0n) is 10.7. The predicted octanol–water partition coefficient (Wildman–Crippen LogP) is -0.386. The molecule has 19 heavy (non-hydrogen) atoms. The maximum Gasteiger partial charge on any atom is 0.358 e. The molecule has 1 aliphatic rings. The molecule has 2 heterocycles. The number of hydrogen-bond donors (Lipinski definition) is 1. The minimum atomic E-state index is -1.15. The molecule has 0 saturated carbocycles. The van der Waals surface area contributed by atoms with E-state index in [0.717, 1.165) is 12.8 Å². The maximum atomic E-state index is 12.0. The third-order valence-electron chi connectivity index (χ3n) is 3.18.